The lowest BCUT2D eigenvalue weighted by molar-refractivity contribution is -0.163. The lowest BCUT2D eigenvalue weighted by atomic mass is 9.94. The van der Waals surface area contributed by atoms with Crippen LogP contribution >= 0.6 is 0 Å². The van der Waals surface area contributed by atoms with Crippen molar-refractivity contribution in [1.82, 2.24) is 0 Å². The van der Waals surface area contributed by atoms with Crippen LogP contribution in [0.2, 0.25) is 0 Å². The second-order valence-corrected chi connectivity index (χ2v) is 4.20. The summed E-state index contributed by atoms with van der Waals surface area (Å²) in [6.07, 6.45) is 2.87. The topological polar surface area (TPSA) is 52.6 Å². The maximum Gasteiger partial charge on any atom is 0.321 e. The van der Waals surface area contributed by atoms with Crippen LogP contribution in [0, 0.1) is 23.7 Å². The Morgan fingerprint density at radius 1 is 1.05 bits per heavy atom. The second-order valence-electron chi connectivity index (χ2n) is 4.20. The van der Waals surface area contributed by atoms with E-state index in [2.05, 4.69) is 18.8 Å². The fourth-order valence-corrected chi connectivity index (χ4v) is 1.55. The molecule has 0 saturated carbocycles. The van der Waals surface area contributed by atoms with Crippen LogP contribution in [0.5, 0.6) is 0 Å². The van der Waals surface area contributed by atoms with Gasteiger partial charge in [0, 0.05) is 12.3 Å². The molecule has 0 radical (unpaired) electrons. The van der Waals surface area contributed by atoms with Gasteiger partial charge in [0.1, 0.15) is 0 Å². The molecular weight excluding hydrogens is 244 g/mol. The van der Waals surface area contributed by atoms with Crippen molar-refractivity contribution in [2.45, 2.75) is 47.0 Å². The molecule has 0 fully saturated rings. The van der Waals surface area contributed by atoms with Crippen molar-refractivity contribution in [2.24, 2.45) is 11.8 Å². The Labute approximate surface area is 115 Å². The molecule has 0 rings (SSSR count). The maximum atomic E-state index is 11.8. The van der Waals surface area contributed by atoms with Crippen molar-refractivity contribution < 1.29 is 19.1 Å². The van der Waals surface area contributed by atoms with Gasteiger partial charge in [0.2, 0.25) is 0 Å². The van der Waals surface area contributed by atoms with Gasteiger partial charge in [-0.05, 0) is 27.2 Å². The summed E-state index contributed by atoms with van der Waals surface area (Å²) >= 11 is 0. The first kappa shape index (κ1) is 17.5. The number of carbonyl (C=O) groups excluding carboxylic acids is 2. The van der Waals surface area contributed by atoms with Crippen LogP contribution in [-0.4, -0.2) is 25.2 Å². The van der Waals surface area contributed by atoms with E-state index in [1.165, 1.54) is 0 Å². The zero-order valence-corrected chi connectivity index (χ0v) is 12.3. The average Bonchev–Trinajstić information content (AvgIpc) is 2.35. The molecule has 0 aliphatic rings. The normalized spacial score (nSPS) is 11.4. The number of hydrogen-bond acceptors (Lipinski definition) is 4. The number of esters is 2. The van der Waals surface area contributed by atoms with E-state index in [9.17, 15) is 9.59 Å². The monoisotopic (exact) mass is 268 g/mol. The molecule has 0 N–H and O–H groups in total. The van der Waals surface area contributed by atoms with Gasteiger partial charge in [-0.1, -0.05) is 19.3 Å². The summed E-state index contributed by atoms with van der Waals surface area (Å²) in [4.78, 5) is 23.6. The van der Waals surface area contributed by atoms with Crippen LogP contribution in [0.15, 0.2) is 0 Å². The lowest BCUT2D eigenvalue weighted by Gasteiger charge is -2.16. The number of ether oxygens (including phenoxy) is 2. The summed E-state index contributed by atoms with van der Waals surface area (Å²) in [5, 5.41) is 0. The molecule has 0 aromatic rings. The van der Waals surface area contributed by atoms with Crippen molar-refractivity contribution in [1.29, 1.82) is 0 Å². The molecule has 0 aliphatic heterocycles. The summed E-state index contributed by atoms with van der Waals surface area (Å²) in [5.41, 5.74) is 0. The molecule has 0 spiro atoms. The average molecular weight is 268 g/mol. The van der Waals surface area contributed by atoms with Crippen molar-refractivity contribution in [2.75, 3.05) is 13.2 Å². The largest absolute Gasteiger partial charge is 0.465 e. The molecule has 0 bridgehead atoms. The molecule has 0 aromatic heterocycles. The van der Waals surface area contributed by atoms with E-state index in [4.69, 9.17) is 9.47 Å². The van der Waals surface area contributed by atoms with E-state index in [1.807, 2.05) is 0 Å². The van der Waals surface area contributed by atoms with Gasteiger partial charge in [-0.3, -0.25) is 9.59 Å². The third-order valence-electron chi connectivity index (χ3n) is 2.57. The van der Waals surface area contributed by atoms with Gasteiger partial charge in [-0.2, -0.15) is 0 Å². The Morgan fingerprint density at radius 3 is 2.00 bits per heavy atom. The van der Waals surface area contributed by atoms with Crippen molar-refractivity contribution in [3.63, 3.8) is 0 Å². The lowest BCUT2D eigenvalue weighted by Crippen LogP contribution is -2.32. The Hall–Kier alpha value is -1.50. The van der Waals surface area contributed by atoms with E-state index in [-0.39, 0.29) is 13.2 Å². The predicted octanol–water partition coefficient (Wildman–Crippen LogP) is 2.56. The van der Waals surface area contributed by atoms with Crippen LogP contribution in [0.3, 0.4) is 0 Å². The van der Waals surface area contributed by atoms with Crippen molar-refractivity contribution in [3.8, 4) is 11.8 Å². The molecule has 108 valence electrons. The fraction of sp³-hybridized carbons (Fsp3) is 0.733. The highest BCUT2D eigenvalue weighted by Crippen LogP contribution is 2.15. The molecule has 0 aromatic carbocycles. The van der Waals surface area contributed by atoms with Crippen LogP contribution < -0.4 is 0 Å². The minimum atomic E-state index is -0.950. The van der Waals surface area contributed by atoms with Crippen LogP contribution in [-0.2, 0) is 19.1 Å². The van der Waals surface area contributed by atoms with Gasteiger partial charge in [0.25, 0.3) is 0 Å². The van der Waals surface area contributed by atoms with Gasteiger partial charge >= 0.3 is 11.9 Å². The van der Waals surface area contributed by atoms with Gasteiger partial charge in [0.15, 0.2) is 5.92 Å². The number of hydrogen-bond donors (Lipinski definition) is 0. The van der Waals surface area contributed by atoms with Gasteiger partial charge in [-0.25, -0.2) is 0 Å². The minimum Gasteiger partial charge on any atom is -0.465 e. The van der Waals surface area contributed by atoms with E-state index in [0.717, 1.165) is 19.3 Å². The molecule has 0 amide bonds. The molecule has 19 heavy (non-hydrogen) atoms. The highest BCUT2D eigenvalue weighted by Gasteiger charge is 2.34. The molecule has 0 aliphatic carbocycles. The Kier molecular flexibility index (Phi) is 9.60. The minimum absolute atomic E-state index is 0.241. The summed E-state index contributed by atoms with van der Waals surface area (Å²) in [6.45, 7) is 7.73. The van der Waals surface area contributed by atoms with Gasteiger partial charge in [0.05, 0.1) is 13.2 Å². The van der Waals surface area contributed by atoms with Gasteiger partial charge in [-0.15, -0.1) is 5.92 Å². The van der Waals surface area contributed by atoms with E-state index >= 15 is 0 Å². The highest BCUT2D eigenvalue weighted by atomic mass is 16.6. The molecule has 0 heterocycles. The predicted molar refractivity (Wildman–Crippen MR) is 73.2 cm³/mol. The van der Waals surface area contributed by atoms with Gasteiger partial charge < -0.3 is 9.47 Å². The van der Waals surface area contributed by atoms with Crippen LogP contribution in [0.25, 0.3) is 0 Å². The summed E-state index contributed by atoms with van der Waals surface area (Å²) in [7, 11) is 0. The van der Waals surface area contributed by atoms with Crippen molar-refractivity contribution in [3.05, 3.63) is 0 Å². The Bertz CT molecular complexity index is 320. The Balaban J connectivity index is 4.74. The molecule has 4 heteroatoms. The molecule has 4 nitrogen and oxygen atoms in total. The second kappa shape index (κ2) is 10.4. The zero-order chi connectivity index (χ0) is 14.7. The summed E-state index contributed by atoms with van der Waals surface area (Å²) in [5.74, 6) is 3.48. The SMILES string of the molecule is CCCCC#CC(C)C(C(=O)OCC)C(=O)OCC. The number of carbonyl (C=O) groups is 2. The standard InChI is InChI=1S/C15H24O4/c1-5-8-9-10-11-12(4)13(14(16)18-6-2)15(17)19-7-3/h12-13H,5-9H2,1-4H3. The zero-order valence-electron chi connectivity index (χ0n) is 12.3. The first-order chi connectivity index (χ1) is 9.08. The third-order valence-corrected chi connectivity index (χ3v) is 2.57. The van der Waals surface area contributed by atoms with Crippen LogP contribution in [0.1, 0.15) is 47.0 Å². The first-order valence-corrected chi connectivity index (χ1v) is 6.90. The maximum absolute atomic E-state index is 11.8. The quantitative estimate of drug-likeness (QED) is 0.308. The molecule has 1 atom stereocenters. The number of rotatable bonds is 7. The third kappa shape index (κ3) is 6.85. The Morgan fingerprint density at radius 2 is 1.58 bits per heavy atom. The van der Waals surface area contributed by atoms with E-state index in [1.54, 1.807) is 20.8 Å². The molecule has 0 saturated heterocycles. The fourth-order valence-electron chi connectivity index (χ4n) is 1.55. The van der Waals surface area contributed by atoms with E-state index in [0.29, 0.717) is 0 Å². The van der Waals surface area contributed by atoms with Crippen LogP contribution in [0.4, 0.5) is 0 Å². The summed E-state index contributed by atoms with van der Waals surface area (Å²) < 4.78 is 9.83. The van der Waals surface area contributed by atoms with E-state index < -0.39 is 23.8 Å². The highest BCUT2D eigenvalue weighted by molar-refractivity contribution is 5.95. The molecular formula is C15H24O4. The van der Waals surface area contributed by atoms with Crippen molar-refractivity contribution >= 4 is 11.9 Å². The number of unbranched alkanes of at least 4 members (excludes halogenated alkanes) is 2. The first-order valence-electron chi connectivity index (χ1n) is 6.90. The summed E-state index contributed by atoms with van der Waals surface area (Å²) in [6, 6.07) is 0. The smallest absolute Gasteiger partial charge is 0.321 e. The molecule has 1 unspecified atom stereocenters.